The SMILES string of the molecule is CCCCCCCCCCCCCCCCCC[n+]1ccn(CCCCCCCCCCCC)c1C. The number of aryl methyl sites for hydroxylation is 2. The second-order valence-electron chi connectivity index (χ2n) is 11.7. The Morgan fingerprint density at radius 1 is 0.472 bits per heavy atom. The number of hydrogen-bond donors (Lipinski definition) is 0. The van der Waals surface area contributed by atoms with Gasteiger partial charge in [0.05, 0.1) is 13.1 Å². The first-order valence-electron chi connectivity index (χ1n) is 16.8. The number of unbranched alkanes of at least 4 members (excludes halogenated alkanes) is 24. The standard InChI is InChI=1S/C34H67N2/c1-4-6-8-10-12-14-16-17-18-19-20-21-23-25-27-29-31-36-33-32-35(34(36)3)30-28-26-24-22-15-13-11-9-7-5-2/h32-33H,4-31H2,1-3H3/q+1. The molecule has 212 valence electrons. The lowest BCUT2D eigenvalue weighted by Gasteiger charge is -2.04. The van der Waals surface area contributed by atoms with Crippen molar-refractivity contribution < 1.29 is 4.57 Å². The molecule has 0 aromatic carbocycles. The third kappa shape index (κ3) is 19.3. The Morgan fingerprint density at radius 2 is 0.806 bits per heavy atom. The number of rotatable bonds is 28. The van der Waals surface area contributed by atoms with Crippen molar-refractivity contribution in [3.63, 3.8) is 0 Å². The van der Waals surface area contributed by atoms with Crippen molar-refractivity contribution in [3.05, 3.63) is 18.2 Å². The van der Waals surface area contributed by atoms with Crippen molar-refractivity contribution in [3.8, 4) is 0 Å². The summed E-state index contributed by atoms with van der Waals surface area (Å²) in [6.07, 6.45) is 41.9. The molecule has 0 unspecified atom stereocenters. The lowest BCUT2D eigenvalue weighted by molar-refractivity contribution is -0.702. The first-order valence-corrected chi connectivity index (χ1v) is 16.8. The van der Waals surface area contributed by atoms with Gasteiger partial charge in [0, 0.05) is 6.92 Å². The fourth-order valence-electron chi connectivity index (χ4n) is 5.61. The van der Waals surface area contributed by atoms with Crippen LogP contribution in [-0.2, 0) is 13.1 Å². The second kappa shape index (κ2) is 25.8. The van der Waals surface area contributed by atoms with Gasteiger partial charge in [0.15, 0.2) is 0 Å². The Bertz CT molecular complexity index is 562. The predicted molar refractivity (Wildman–Crippen MR) is 161 cm³/mol. The van der Waals surface area contributed by atoms with Gasteiger partial charge < -0.3 is 0 Å². The molecule has 0 radical (unpaired) electrons. The number of imidazole rings is 1. The van der Waals surface area contributed by atoms with Gasteiger partial charge in [0.2, 0.25) is 0 Å². The van der Waals surface area contributed by atoms with Gasteiger partial charge in [-0.05, 0) is 25.7 Å². The van der Waals surface area contributed by atoms with Crippen LogP contribution >= 0.6 is 0 Å². The van der Waals surface area contributed by atoms with Crippen LogP contribution in [0, 0.1) is 6.92 Å². The predicted octanol–water partition coefficient (Wildman–Crippen LogP) is 11.3. The number of hydrogen-bond acceptors (Lipinski definition) is 0. The van der Waals surface area contributed by atoms with Crippen molar-refractivity contribution in [1.29, 1.82) is 0 Å². The number of nitrogens with zero attached hydrogens (tertiary/aromatic N) is 2. The van der Waals surface area contributed by atoms with E-state index in [1.807, 2.05) is 0 Å². The maximum atomic E-state index is 2.49. The van der Waals surface area contributed by atoms with E-state index in [1.165, 1.54) is 186 Å². The van der Waals surface area contributed by atoms with E-state index in [0.717, 1.165) is 0 Å². The summed E-state index contributed by atoms with van der Waals surface area (Å²) in [5.41, 5.74) is 0. The summed E-state index contributed by atoms with van der Waals surface area (Å²) in [6, 6.07) is 0. The minimum atomic E-state index is 1.20. The van der Waals surface area contributed by atoms with Gasteiger partial charge in [-0.3, -0.25) is 0 Å². The van der Waals surface area contributed by atoms with E-state index in [1.54, 1.807) is 0 Å². The van der Waals surface area contributed by atoms with Gasteiger partial charge in [-0.25, -0.2) is 9.13 Å². The van der Waals surface area contributed by atoms with Crippen molar-refractivity contribution in [2.24, 2.45) is 0 Å². The molecule has 1 aromatic rings. The highest BCUT2D eigenvalue weighted by Gasteiger charge is 2.11. The monoisotopic (exact) mass is 504 g/mol. The lowest BCUT2D eigenvalue weighted by atomic mass is 10.0. The summed E-state index contributed by atoms with van der Waals surface area (Å²) in [5.74, 6) is 1.45. The number of aromatic nitrogens is 2. The quantitative estimate of drug-likeness (QED) is 0.0794. The summed E-state index contributed by atoms with van der Waals surface area (Å²) < 4.78 is 4.97. The molecule has 1 heterocycles. The van der Waals surface area contributed by atoms with Crippen LogP contribution in [0.5, 0.6) is 0 Å². The molecule has 1 rings (SSSR count). The maximum absolute atomic E-state index is 2.49. The Balaban J connectivity index is 1.88. The van der Waals surface area contributed by atoms with Gasteiger partial charge in [0.25, 0.3) is 5.82 Å². The molecule has 36 heavy (non-hydrogen) atoms. The second-order valence-corrected chi connectivity index (χ2v) is 11.7. The highest BCUT2D eigenvalue weighted by molar-refractivity contribution is 4.79. The van der Waals surface area contributed by atoms with Crippen LogP contribution in [-0.4, -0.2) is 4.57 Å². The van der Waals surface area contributed by atoms with Crippen LogP contribution < -0.4 is 4.57 Å². The fourth-order valence-corrected chi connectivity index (χ4v) is 5.61. The van der Waals surface area contributed by atoms with Crippen LogP contribution in [0.25, 0.3) is 0 Å². The third-order valence-electron chi connectivity index (χ3n) is 8.26. The molecule has 1 aromatic heterocycles. The summed E-state index contributed by atoms with van der Waals surface area (Å²) in [6.45, 7) is 9.32. The minimum absolute atomic E-state index is 1.20. The Morgan fingerprint density at radius 3 is 1.19 bits per heavy atom. The Labute approximate surface area is 228 Å². The molecule has 0 spiro atoms. The zero-order valence-corrected chi connectivity index (χ0v) is 25.3. The van der Waals surface area contributed by atoms with Crippen LogP contribution in [0.2, 0.25) is 0 Å². The molecule has 0 fully saturated rings. The fraction of sp³-hybridized carbons (Fsp3) is 0.912. The molecule has 0 N–H and O–H groups in total. The summed E-state index contributed by atoms with van der Waals surface area (Å²) in [4.78, 5) is 0. The van der Waals surface area contributed by atoms with Gasteiger partial charge >= 0.3 is 0 Å². The molecule has 0 amide bonds. The molecule has 2 heteroatoms. The molecule has 0 aliphatic heterocycles. The highest BCUT2D eigenvalue weighted by atomic mass is 15.1. The Hall–Kier alpha value is -0.790. The van der Waals surface area contributed by atoms with Crippen molar-refractivity contribution in [2.75, 3.05) is 0 Å². The van der Waals surface area contributed by atoms with E-state index < -0.39 is 0 Å². The van der Waals surface area contributed by atoms with Crippen LogP contribution in [0.3, 0.4) is 0 Å². The van der Waals surface area contributed by atoms with Crippen LogP contribution in [0.4, 0.5) is 0 Å². The molecular weight excluding hydrogens is 436 g/mol. The van der Waals surface area contributed by atoms with E-state index in [9.17, 15) is 0 Å². The minimum Gasteiger partial charge on any atom is -0.234 e. The molecule has 0 aliphatic carbocycles. The molecule has 2 nitrogen and oxygen atoms in total. The van der Waals surface area contributed by atoms with E-state index in [-0.39, 0.29) is 0 Å². The van der Waals surface area contributed by atoms with Crippen LogP contribution in [0.15, 0.2) is 12.4 Å². The first kappa shape index (κ1) is 33.2. The molecule has 0 atom stereocenters. The van der Waals surface area contributed by atoms with E-state index >= 15 is 0 Å². The zero-order valence-electron chi connectivity index (χ0n) is 25.3. The topological polar surface area (TPSA) is 8.81 Å². The van der Waals surface area contributed by atoms with E-state index in [2.05, 4.69) is 42.3 Å². The highest BCUT2D eigenvalue weighted by Crippen LogP contribution is 2.14. The summed E-state index contributed by atoms with van der Waals surface area (Å²) in [5, 5.41) is 0. The maximum Gasteiger partial charge on any atom is 0.253 e. The van der Waals surface area contributed by atoms with Crippen molar-refractivity contribution in [2.45, 2.75) is 201 Å². The van der Waals surface area contributed by atoms with Gasteiger partial charge in [-0.15, -0.1) is 0 Å². The zero-order chi connectivity index (χ0) is 25.9. The third-order valence-corrected chi connectivity index (χ3v) is 8.26. The molecule has 0 bridgehead atoms. The van der Waals surface area contributed by atoms with Gasteiger partial charge in [-0.2, -0.15) is 0 Å². The van der Waals surface area contributed by atoms with Crippen LogP contribution in [0.1, 0.15) is 187 Å². The Kier molecular flexibility index (Phi) is 23.9. The van der Waals surface area contributed by atoms with E-state index in [0.29, 0.717) is 0 Å². The average Bonchev–Trinajstić information content (AvgIpc) is 3.23. The van der Waals surface area contributed by atoms with Crippen molar-refractivity contribution >= 4 is 0 Å². The average molecular weight is 504 g/mol. The normalized spacial score (nSPS) is 11.5. The molecule has 0 aliphatic rings. The lowest BCUT2D eigenvalue weighted by Crippen LogP contribution is -2.35. The molecule has 0 saturated carbocycles. The molecular formula is C34H67N2+. The van der Waals surface area contributed by atoms with Crippen molar-refractivity contribution in [1.82, 2.24) is 4.57 Å². The largest absolute Gasteiger partial charge is 0.253 e. The molecule has 0 saturated heterocycles. The van der Waals surface area contributed by atoms with Gasteiger partial charge in [0.1, 0.15) is 12.4 Å². The van der Waals surface area contributed by atoms with Gasteiger partial charge in [-0.1, -0.05) is 155 Å². The first-order chi connectivity index (χ1) is 17.8. The summed E-state index contributed by atoms with van der Waals surface area (Å²) in [7, 11) is 0. The summed E-state index contributed by atoms with van der Waals surface area (Å²) >= 11 is 0. The van der Waals surface area contributed by atoms with E-state index in [4.69, 9.17) is 0 Å². The smallest absolute Gasteiger partial charge is 0.234 e.